The fourth-order valence-corrected chi connectivity index (χ4v) is 4.29. The Bertz CT molecular complexity index is 848. The molecule has 0 saturated heterocycles. The van der Waals surface area contributed by atoms with Crippen LogP contribution in [0.1, 0.15) is 43.2 Å². The molecule has 0 aromatic heterocycles. The van der Waals surface area contributed by atoms with Crippen molar-refractivity contribution in [2.45, 2.75) is 37.7 Å². The normalized spacial score (nSPS) is 23.3. The quantitative estimate of drug-likeness (QED) is 0.897. The number of anilines is 1. The Hall–Kier alpha value is -2.27. The van der Waals surface area contributed by atoms with Gasteiger partial charge in [-0.1, -0.05) is 49.6 Å². The number of benzene rings is 2. The van der Waals surface area contributed by atoms with Crippen molar-refractivity contribution in [1.29, 1.82) is 0 Å². The van der Waals surface area contributed by atoms with Gasteiger partial charge in [0.1, 0.15) is 0 Å². The molecule has 1 saturated carbocycles. The highest BCUT2D eigenvalue weighted by atomic mass is 19.2. The number of hydrogen-bond donors (Lipinski definition) is 1. The van der Waals surface area contributed by atoms with Crippen molar-refractivity contribution in [3.05, 3.63) is 65.2 Å². The Labute approximate surface area is 151 Å². The van der Waals surface area contributed by atoms with Gasteiger partial charge in [0.25, 0.3) is 5.91 Å². The third-order valence-corrected chi connectivity index (χ3v) is 5.65. The molecule has 1 amide bonds. The largest absolute Gasteiger partial charge is 0.372 e. The van der Waals surface area contributed by atoms with Crippen molar-refractivity contribution in [2.75, 3.05) is 11.4 Å². The fraction of sp³-hybridized carbons (Fsp3) is 0.381. The summed E-state index contributed by atoms with van der Waals surface area (Å²) in [4.78, 5) is 14.8. The van der Waals surface area contributed by atoms with Crippen LogP contribution in [0, 0.1) is 17.6 Å². The Morgan fingerprint density at radius 2 is 1.69 bits per heavy atom. The molecular formula is C21H21F2NO2. The molecule has 0 radical (unpaired) electrons. The molecule has 0 bridgehead atoms. The van der Waals surface area contributed by atoms with Crippen molar-refractivity contribution < 1.29 is 18.7 Å². The van der Waals surface area contributed by atoms with Gasteiger partial charge < -0.3 is 10.0 Å². The first-order valence-corrected chi connectivity index (χ1v) is 9.12. The third kappa shape index (κ3) is 2.53. The van der Waals surface area contributed by atoms with Crippen LogP contribution in [0.25, 0.3) is 0 Å². The number of carbonyl (C=O) groups is 1. The average molecular weight is 357 g/mol. The van der Waals surface area contributed by atoms with E-state index in [-0.39, 0.29) is 5.56 Å². The second kappa shape index (κ2) is 6.47. The average Bonchev–Trinajstić information content (AvgIpc) is 2.88. The zero-order chi connectivity index (χ0) is 18.3. The zero-order valence-corrected chi connectivity index (χ0v) is 14.4. The number of fused-ring (bicyclic) bond motifs is 1. The summed E-state index contributed by atoms with van der Waals surface area (Å²) < 4.78 is 28.2. The van der Waals surface area contributed by atoms with E-state index in [0.717, 1.165) is 31.7 Å². The summed E-state index contributed by atoms with van der Waals surface area (Å²) in [6, 6.07) is 10.4. The standard InChI is InChI=1S/C21H21F2NO2/c22-17-11-6-10-16(19(17)23)21(26)15-9-4-5-12-18(15)24(20(21)25)13-14-7-2-1-3-8-14/h4-6,9-12,14,26H,1-3,7-8,13H2. The summed E-state index contributed by atoms with van der Waals surface area (Å²) in [7, 11) is 0. The molecular weight excluding hydrogens is 336 g/mol. The first-order valence-electron chi connectivity index (χ1n) is 9.12. The van der Waals surface area contributed by atoms with E-state index >= 15 is 0 Å². The summed E-state index contributed by atoms with van der Waals surface area (Å²) in [6.45, 7) is 0.495. The molecule has 5 heteroatoms. The van der Waals surface area contributed by atoms with E-state index in [9.17, 15) is 18.7 Å². The minimum Gasteiger partial charge on any atom is -0.372 e. The Kier molecular flexibility index (Phi) is 4.27. The molecule has 1 fully saturated rings. The maximum atomic E-state index is 14.4. The van der Waals surface area contributed by atoms with Crippen LogP contribution in [-0.2, 0) is 10.4 Å². The highest BCUT2D eigenvalue weighted by molar-refractivity contribution is 6.09. The number of carbonyl (C=O) groups excluding carboxylic acids is 1. The maximum Gasteiger partial charge on any atom is 0.268 e. The molecule has 26 heavy (non-hydrogen) atoms. The minimum atomic E-state index is -2.20. The molecule has 136 valence electrons. The second-order valence-electron chi connectivity index (χ2n) is 7.25. The summed E-state index contributed by atoms with van der Waals surface area (Å²) in [5.41, 5.74) is -1.64. The second-order valence-corrected chi connectivity index (χ2v) is 7.25. The van der Waals surface area contributed by atoms with Gasteiger partial charge in [-0.15, -0.1) is 0 Å². The molecule has 3 nitrogen and oxygen atoms in total. The van der Waals surface area contributed by atoms with E-state index in [1.54, 1.807) is 29.2 Å². The van der Waals surface area contributed by atoms with Crippen molar-refractivity contribution in [3.63, 3.8) is 0 Å². The predicted molar refractivity (Wildman–Crippen MR) is 94.7 cm³/mol. The van der Waals surface area contributed by atoms with Gasteiger partial charge in [0.15, 0.2) is 17.2 Å². The van der Waals surface area contributed by atoms with Crippen LogP contribution in [0.4, 0.5) is 14.5 Å². The van der Waals surface area contributed by atoms with Gasteiger partial charge in [0.2, 0.25) is 0 Å². The van der Waals surface area contributed by atoms with E-state index in [1.807, 2.05) is 0 Å². The van der Waals surface area contributed by atoms with Crippen LogP contribution in [0.15, 0.2) is 42.5 Å². The van der Waals surface area contributed by atoms with Gasteiger partial charge in [-0.2, -0.15) is 0 Å². The number of amides is 1. The van der Waals surface area contributed by atoms with Gasteiger partial charge >= 0.3 is 0 Å². The Morgan fingerprint density at radius 3 is 2.46 bits per heavy atom. The summed E-state index contributed by atoms with van der Waals surface area (Å²) in [5.74, 6) is -2.50. The third-order valence-electron chi connectivity index (χ3n) is 5.65. The Morgan fingerprint density at radius 1 is 1.00 bits per heavy atom. The van der Waals surface area contributed by atoms with Crippen LogP contribution in [0.5, 0.6) is 0 Å². The number of hydrogen-bond acceptors (Lipinski definition) is 2. The number of halogens is 2. The lowest BCUT2D eigenvalue weighted by Gasteiger charge is -2.29. The summed E-state index contributed by atoms with van der Waals surface area (Å²) >= 11 is 0. The number of para-hydroxylation sites is 1. The van der Waals surface area contributed by atoms with Gasteiger partial charge in [-0.3, -0.25) is 4.79 Å². The molecule has 1 heterocycles. The number of rotatable bonds is 3. The predicted octanol–water partition coefficient (Wildman–Crippen LogP) is 4.13. The van der Waals surface area contributed by atoms with Crippen molar-refractivity contribution >= 4 is 11.6 Å². The molecule has 1 aliphatic heterocycles. The van der Waals surface area contributed by atoms with Crippen LogP contribution in [0.3, 0.4) is 0 Å². The molecule has 2 aromatic carbocycles. The lowest BCUT2D eigenvalue weighted by molar-refractivity contribution is -0.132. The first-order chi connectivity index (χ1) is 12.5. The maximum absolute atomic E-state index is 14.4. The molecule has 1 N–H and O–H groups in total. The zero-order valence-electron chi connectivity index (χ0n) is 14.4. The van der Waals surface area contributed by atoms with Gasteiger partial charge in [-0.25, -0.2) is 8.78 Å². The van der Waals surface area contributed by atoms with Crippen molar-refractivity contribution in [2.24, 2.45) is 5.92 Å². The summed E-state index contributed by atoms with van der Waals surface area (Å²) in [5, 5.41) is 11.3. The molecule has 1 unspecified atom stereocenters. The van der Waals surface area contributed by atoms with Crippen molar-refractivity contribution in [1.82, 2.24) is 0 Å². The van der Waals surface area contributed by atoms with E-state index in [0.29, 0.717) is 23.7 Å². The minimum absolute atomic E-state index is 0.310. The number of nitrogens with zero attached hydrogens (tertiary/aromatic N) is 1. The lowest BCUT2D eigenvalue weighted by Crippen LogP contribution is -2.43. The summed E-state index contributed by atoms with van der Waals surface area (Å²) in [6.07, 6.45) is 5.56. The molecule has 2 aromatic rings. The van der Waals surface area contributed by atoms with E-state index in [2.05, 4.69) is 0 Å². The molecule has 0 spiro atoms. The van der Waals surface area contributed by atoms with Gasteiger partial charge in [0.05, 0.1) is 5.69 Å². The first kappa shape index (κ1) is 17.2. The molecule has 1 atom stereocenters. The molecule has 4 rings (SSSR count). The SMILES string of the molecule is O=C1N(CC2CCCCC2)c2ccccc2C1(O)c1cccc(F)c1F. The van der Waals surface area contributed by atoms with E-state index in [4.69, 9.17) is 0 Å². The highest BCUT2D eigenvalue weighted by Gasteiger charge is 2.52. The van der Waals surface area contributed by atoms with E-state index in [1.165, 1.54) is 18.6 Å². The van der Waals surface area contributed by atoms with Crippen LogP contribution in [0.2, 0.25) is 0 Å². The fourth-order valence-electron chi connectivity index (χ4n) is 4.29. The van der Waals surface area contributed by atoms with Crippen LogP contribution < -0.4 is 4.90 Å². The monoisotopic (exact) mass is 357 g/mol. The highest BCUT2D eigenvalue weighted by Crippen LogP contribution is 2.46. The van der Waals surface area contributed by atoms with Crippen molar-refractivity contribution in [3.8, 4) is 0 Å². The molecule has 1 aliphatic carbocycles. The lowest BCUT2D eigenvalue weighted by atomic mass is 9.87. The van der Waals surface area contributed by atoms with Crippen LogP contribution >= 0.6 is 0 Å². The van der Waals surface area contributed by atoms with Gasteiger partial charge in [0, 0.05) is 17.7 Å². The van der Waals surface area contributed by atoms with Crippen LogP contribution in [-0.4, -0.2) is 17.6 Å². The topological polar surface area (TPSA) is 40.5 Å². The van der Waals surface area contributed by atoms with Gasteiger partial charge in [-0.05, 0) is 30.9 Å². The number of aliphatic hydroxyl groups is 1. The van der Waals surface area contributed by atoms with E-state index < -0.39 is 23.1 Å². The Balaban J connectivity index is 1.79. The molecule has 2 aliphatic rings. The smallest absolute Gasteiger partial charge is 0.268 e.